The summed E-state index contributed by atoms with van der Waals surface area (Å²) in [6, 6.07) is 13.7. The Balaban J connectivity index is 2.26. The third-order valence-corrected chi connectivity index (χ3v) is 4.36. The van der Waals surface area contributed by atoms with Gasteiger partial charge in [0.1, 0.15) is 5.82 Å². The largest absolute Gasteiger partial charge is 0.310 e. The van der Waals surface area contributed by atoms with Crippen molar-refractivity contribution >= 4 is 15.9 Å². The van der Waals surface area contributed by atoms with Gasteiger partial charge in [0.25, 0.3) is 0 Å². The monoisotopic (exact) mass is 349 g/mol. The molecular weight excluding hydrogens is 329 g/mol. The minimum Gasteiger partial charge on any atom is -0.310 e. The summed E-state index contributed by atoms with van der Waals surface area (Å²) < 4.78 is 15.0. The summed E-state index contributed by atoms with van der Waals surface area (Å²) >= 11 is 3.47. The summed E-state index contributed by atoms with van der Waals surface area (Å²) in [7, 11) is 0. The van der Waals surface area contributed by atoms with Crippen molar-refractivity contribution in [1.82, 2.24) is 5.32 Å². The van der Waals surface area contributed by atoms with Gasteiger partial charge in [-0.05, 0) is 42.6 Å². The van der Waals surface area contributed by atoms with E-state index in [9.17, 15) is 4.39 Å². The lowest BCUT2D eigenvalue weighted by Crippen LogP contribution is -2.24. The molecule has 2 rings (SSSR count). The van der Waals surface area contributed by atoms with Crippen LogP contribution in [0.25, 0.3) is 0 Å². The molecule has 1 N–H and O–H groups in total. The summed E-state index contributed by atoms with van der Waals surface area (Å²) in [5.41, 5.74) is 3.25. The van der Waals surface area contributed by atoms with E-state index in [4.69, 9.17) is 0 Å². The second-order valence-electron chi connectivity index (χ2n) is 5.12. The molecular formula is C18H21BrFN. The highest BCUT2D eigenvalue weighted by molar-refractivity contribution is 9.10. The molecule has 112 valence electrons. The van der Waals surface area contributed by atoms with Gasteiger partial charge >= 0.3 is 0 Å². The molecule has 0 spiro atoms. The number of likely N-dealkylation sites (N-methyl/N-ethyl adjacent to an activating group) is 1. The maximum absolute atomic E-state index is 14.2. The average molecular weight is 350 g/mol. The van der Waals surface area contributed by atoms with Crippen molar-refractivity contribution in [3.8, 4) is 0 Å². The Hall–Kier alpha value is -1.19. The van der Waals surface area contributed by atoms with E-state index < -0.39 is 0 Å². The first kappa shape index (κ1) is 16.2. The van der Waals surface area contributed by atoms with Crippen molar-refractivity contribution in [2.45, 2.75) is 32.7 Å². The van der Waals surface area contributed by atoms with Crippen LogP contribution in [0.5, 0.6) is 0 Å². The maximum Gasteiger partial charge on any atom is 0.129 e. The quantitative estimate of drug-likeness (QED) is 0.769. The fourth-order valence-electron chi connectivity index (χ4n) is 2.51. The van der Waals surface area contributed by atoms with Crippen molar-refractivity contribution in [2.75, 3.05) is 6.54 Å². The molecule has 2 aromatic rings. The Morgan fingerprint density at radius 3 is 2.29 bits per heavy atom. The summed E-state index contributed by atoms with van der Waals surface area (Å²) in [5, 5.41) is 3.39. The first-order chi connectivity index (χ1) is 10.2. The number of aryl methyl sites for hydroxylation is 1. The number of hydrogen-bond donors (Lipinski definition) is 1. The molecule has 0 saturated carbocycles. The van der Waals surface area contributed by atoms with Crippen LogP contribution in [0.1, 0.15) is 36.6 Å². The zero-order valence-corrected chi connectivity index (χ0v) is 14.1. The Kier molecular flexibility index (Phi) is 5.95. The van der Waals surface area contributed by atoms with E-state index in [1.165, 1.54) is 17.2 Å². The van der Waals surface area contributed by atoms with Crippen molar-refractivity contribution < 1.29 is 4.39 Å². The first-order valence-electron chi connectivity index (χ1n) is 7.40. The van der Waals surface area contributed by atoms with Gasteiger partial charge in [0.05, 0.1) is 0 Å². The first-order valence-corrected chi connectivity index (χ1v) is 8.20. The van der Waals surface area contributed by atoms with Crippen molar-refractivity contribution in [2.24, 2.45) is 0 Å². The van der Waals surface area contributed by atoms with Crippen LogP contribution in [-0.4, -0.2) is 6.54 Å². The lowest BCUT2D eigenvalue weighted by Gasteiger charge is -2.20. The average Bonchev–Trinajstić information content (AvgIpc) is 2.48. The Morgan fingerprint density at radius 1 is 1.05 bits per heavy atom. The van der Waals surface area contributed by atoms with Crippen molar-refractivity contribution in [1.29, 1.82) is 0 Å². The molecule has 21 heavy (non-hydrogen) atoms. The molecule has 0 saturated heterocycles. The molecule has 0 radical (unpaired) electrons. The predicted octanol–water partition coefficient (Wildman–Crippen LogP) is 5.04. The molecule has 2 aromatic carbocycles. The third kappa shape index (κ3) is 4.14. The molecule has 0 heterocycles. The SMILES string of the molecule is CCNC(Cc1ccc(CC)cc1)c1c(F)cccc1Br. The second-order valence-corrected chi connectivity index (χ2v) is 5.97. The van der Waals surface area contributed by atoms with Gasteiger partial charge in [-0.3, -0.25) is 0 Å². The van der Waals surface area contributed by atoms with Crippen molar-refractivity contribution in [3.63, 3.8) is 0 Å². The molecule has 0 aromatic heterocycles. The zero-order valence-electron chi connectivity index (χ0n) is 12.5. The molecule has 0 amide bonds. The molecule has 0 aliphatic rings. The predicted molar refractivity (Wildman–Crippen MR) is 90.0 cm³/mol. The maximum atomic E-state index is 14.2. The minimum atomic E-state index is -0.166. The topological polar surface area (TPSA) is 12.0 Å². The van der Waals surface area contributed by atoms with Crippen LogP contribution in [-0.2, 0) is 12.8 Å². The molecule has 0 bridgehead atoms. The lowest BCUT2D eigenvalue weighted by atomic mass is 9.97. The Labute approximate surface area is 134 Å². The third-order valence-electron chi connectivity index (χ3n) is 3.67. The van der Waals surface area contributed by atoms with Crippen LogP contribution in [0.4, 0.5) is 4.39 Å². The van der Waals surface area contributed by atoms with Gasteiger partial charge in [-0.2, -0.15) is 0 Å². The highest BCUT2D eigenvalue weighted by atomic mass is 79.9. The Bertz CT molecular complexity index is 560. The molecule has 3 heteroatoms. The highest BCUT2D eigenvalue weighted by Crippen LogP contribution is 2.28. The number of halogens is 2. The van der Waals surface area contributed by atoms with Crippen molar-refractivity contribution in [3.05, 3.63) is 69.4 Å². The van der Waals surface area contributed by atoms with E-state index in [0.29, 0.717) is 5.56 Å². The van der Waals surface area contributed by atoms with Crippen LogP contribution in [0.3, 0.4) is 0 Å². The zero-order chi connectivity index (χ0) is 15.2. The number of hydrogen-bond acceptors (Lipinski definition) is 1. The van der Waals surface area contributed by atoms with Gasteiger partial charge in [0.15, 0.2) is 0 Å². The van der Waals surface area contributed by atoms with Gasteiger partial charge in [0, 0.05) is 16.1 Å². The molecule has 1 atom stereocenters. The summed E-state index contributed by atoms with van der Waals surface area (Å²) in [5.74, 6) is -0.166. The molecule has 0 fully saturated rings. The molecule has 1 nitrogen and oxygen atoms in total. The minimum absolute atomic E-state index is 0.0296. The standard InChI is InChI=1S/C18H21BrFN/c1-3-13-8-10-14(11-9-13)12-17(21-4-2)18-15(19)6-5-7-16(18)20/h5-11,17,21H,3-4,12H2,1-2H3. The fraction of sp³-hybridized carbons (Fsp3) is 0.333. The highest BCUT2D eigenvalue weighted by Gasteiger charge is 2.18. The van der Waals surface area contributed by atoms with Gasteiger partial charge in [-0.1, -0.05) is 60.1 Å². The fourth-order valence-corrected chi connectivity index (χ4v) is 3.13. The smallest absolute Gasteiger partial charge is 0.129 e. The van der Waals surface area contributed by atoms with Crippen LogP contribution < -0.4 is 5.32 Å². The Morgan fingerprint density at radius 2 is 1.71 bits per heavy atom. The molecule has 1 unspecified atom stereocenters. The van der Waals surface area contributed by atoms with E-state index in [1.807, 2.05) is 13.0 Å². The molecule has 0 aliphatic carbocycles. The summed E-state index contributed by atoms with van der Waals surface area (Å²) in [6.07, 6.45) is 1.81. The second kappa shape index (κ2) is 7.71. The van der Waals surface area contributed by atoms with Gasteiger partial charge in [-0.15, -0.1) is 0 Å². The summed E-state index contributed by atoms with van der Waals surface area (Å²) in [4.78, 5) is 0. The normalized spacial score (nSPS) is 12.4. The lowest BCUT2D eigenvalue weighted by molar-refractivity contribution is 0.507. The van der Waals surface area contributed by atoms with E-state index in [0.717, 1.165) is 23.9 Å². The van der Waals surface area contributed by atoms with Crippen LogP contribution >= 0.6 is 15.9 Å². The van der Waals surface area contributed by atoms with Crippen LogP contribution in [0.2, 0.25) is 0 Å². The van der Waals surface area contributed by atoms with Crippen LogP contribution in [0.15, 0.2) is 46.9 Å². The summed E-state index contributed by atoms with van der Waals surface area (Å²) in [6.45, 7) is 4.99. The number of nitrogens with one attached hydrogen (secondary N) is 1. The van der Waals surface area contributed by atoms with E-state index in [2.05, 4.69) is 52.4 Å². The number of rotatable bonds is 6. The molecule has 0 aliphatic heterocycles. The van der Waals surface area contributed by atoms with E-state index in [-0.39, 0.29) is 11.9 Å². The van der Waals surface area contributed by atoms with E-state index in [1.54, 1.807) is 6.07 Å². The van der Waals surface area contributed by atoms with Gasteiger partial charge < -0.3 is 5.32 Å². The van der Waals surface area contributed by atoms with Crippen LogP contribution in [0, 0.1) is 5.82 Å². The van der Waals surface area contributed by atoms with E-state index >= 15 is 0 Å². The van der Waals surface area contributed by atoms with Gasteiger partial charge in [0.2, 0.25) is 0 Å². The number of benzene rings is 2. The van der Waals surface area contributed by atoms with Gasteiger partial charge in [-0.25, -0.2) is 4.39 Å².